The average molecular weight is 467 g/mol. The first-order valence-electron chi connectivity index (χ1n) is 10.0. The predicted octanol–water partition coefficient (Wildman–Crippen LogP) is 6.54. The van der Waals surface area contributed by atoms with Crippen molar-refractivity contribution in [1.29, 1.82) is 0 Å². The molecule has 3 aromatic carbocycles. The van der Waals surface area contributed by atoms with Crippen molar-refractivity contribution < 1.29 is 9.53 Å². The van der Waals surface area contributed by atoms with Crippen LogP contribution in [0.4, 0.5) is 11.4 Å². The number of hydrogen-bond donors (Lipinski definition) is 2. The molecule has 30 heavy (non-hydrogen) atoms. The fourth-order valence-electron chi connectivity index (χ4n) is 2.95. The van der Waals surface area contributed by atoms with Gasteiger partial charge >= 0.3 is 0 Å². The van der Waals surface area contributed by atoms with Crippen LogP contribution < -0.4 is 15.4 Å². The highest BCUT2D eigenvalue weighted by molar-refractivity contribution is 9.10. The van der Waals surface area contributed by atoms with E-state index in [2.05, 4.69) is 57.8 Å². The van der Waals surface area contributed by atoms with Gasteiger partial charge in [0.1, 0.15) is 12.4 Å². The number of rotatable bonds is 8. The van der Waals surface area contributed by atoms with Gasteiger partial charge in [0, 0.05) is 33.9 Å². The third kappa shape index (κ3) is 6.36. The van der Waals surface area contributed by atoms with Crippen LogP contribution in [0.5, 0.6) is 5.75 Å². The second-order valence-electron chi connectivity index (χ2n) is 7.60. The lowest BCUT2D eigenvalue weighted by Gasteiger charge is -2.14. The smallest absolute Gasteiger partial charge is 0.226 e. The standard InChI is InChI=1S/C25H27BrN2O2/c1-17(2)25(29)28-23-10-8-22(9-11-23)27-15-20-14-21(26)7-12-24(20)30-16-19-6-4-5-18(3)13-19/h4-14,17,27H,15-16H2,1-3H3,(H,28,29). The van der Waals surface area contributed by atoms with Crippen molar-refractivity contribution in [2.24, 2.45) is 5.92 Å². The highest BCUT2D eigenvalue weighted by Gasteiger charge is 2.08. The van der Waals surface area contributed by atoms with Gasteiger partial charge in [-0.1, -0.05) is 59.6 Å². The minimum absolute atomic E-state index is 0.0141. The lowest BCUT2D eigenvalue weighted by molar-refractivity contribution is -0.118. The summed E-state index contributed by atoms with van der Waals surface area (Å²) in [6.07, 6.45) is 0. The van der Waals surface area contributed by atoms with Gasteiger partial charge < -0.3 is 15.4 Å². The van der Waals surface area contributed by atoms with Crippen molar-refractivity contribution in [1.82, 2.24) is 0 Å². The molecule has 3 aromatic rings. The fraction of sp³-hybridized carbons (Fsp3) is 0.240. The molecular formula is C25H27BrN2O2. The van der Waals surface area contributed by atoms with Crippen molar-refractivity contribution in [2.75, 3.05) is 10.6 Å². The minimum atomic E-state index is -0.0439. The van der Waals surface area contributed by atoms with Gasteiger partial charge in [-0.15, -0.1) is 0 Å². The molecule has 0 fully saturated rings. The maximum atomic E-state index is 11.8. The Labute approximate surface area is 186 Å². The summed E-state index contributed by atoms with van der Waals surface area (Å²) in [4.78, 5) is 11.8. The number of benzene rings is 3. The zero-order valence-corrected chi connectivity index (χ0v) is 19.1. The highest BCUT2D eigenvalue weighted by Crippen LogP contribution is 2.26. The molecule has 2 N–H and O–H groups in total. The molecule has 4 nitrogen and oxygen atoms in total. The molecule has 0 unspecified atom stereocenters. The summed E-state index contributed by atoms with van der Waals surface area (Å²) in [5, 5.41) is 6.33. The van der Waals surface area contributed by atoms with Crippen LogP contribution in [0.1, 0.15) is 30.5 Å². The van der Waals surface area contributed by atoms with Crippen LogP contribution in [0.25, 0.3) is 0 Å². The first-order chi connectivity index (χ1) is 14.4. The van der Waals surface area contributed by atoms with Gasteiger partial charge in [-0.3, -0.25) is 4.79 Å². The van der Waals surface area contributed by atoms with Crippen molar-refractivity contribution in [3.63, 3.8) is 0 Å². The van der Waals surface area contributed by atoms with E-state index in [-0.39, 0.29) is 11.8 Å². The van der Waals surface area contributed by atoms with Gasteiger partial charge in [0.05, 0.1) is 0 Å². The third-order valence-corrected chi connectivity index (χ3v) is 5.15. The fourth-order valence-corrected chi connectivity index (χ4v) is 3.35. The van der Waals surface area contributed by atoms with E-state index < -0.39 is 0 Å². The molecule has 0 aliphatic rings. The molecule has 1 amide bonds. The van der Waals surface area contributed by atoms with Crippen molar-refractivity contribution in [2.45, 2.75) is 33.9 Å². The van der Waals surface area contributed by atoms with Gasteiger partial charge in [-0.25, -0.2) is 0 Å². The van der Waals surface area contributed by atoms with Crippen LogP contribution in [-0.2, 0) is 17.9 Å². The summed E-state index contributed by atoms with van der Waals surface area (Å²) in [6.45, 7) is 6.99. The van der Waals surface area contributed by atoms with E-state index in [0.29, 0.717) is 13.2 Å². The monoisotopic (exact) mass is 466 g/mol. The molecule has 0 atom stereocenters. The zero-order chi connectivity index (χ0) is 21.5. The molecular weight excluding hydrogens is 440 g/mol. The molecule has 0 aromatic heterocycles. The Morgan fingerprint density at radius 2 is 1.73 bits per heavy atom. The first-order valence-corrected chi connectivity index (χ1v) is 10.8. The Morgan fingerprint density at radius 3 is 2.43 bits per heavy atom. The summed E-state index contributed by atoms with van der Waals surface area (Å²) < 4.78 is 7.11. The number of carbonyl (C=O) groups excluding carboxylic acids is 1. The minimum Gasteiger partial charge on any atom is -0.489 e. The van der Waals surface area contributed by atoms with Crippen LogP contribution in [-0.4, -0.2) is 5.91 Å². The molecule has 3 rings (SSSR count). The number of amides is 1. The number of anilines is 2. The molecule has 0 saturated carbocycles. The van der Waals surface area contributed by atoms with Crippen LogP contribution >= 0.6 is 15.9 Å². The summed E-state index contributed by atoms with van der Waals surface area (Å²) in [6, 6.07) is 22.1. The Bertz CT molecular complexity index is 1000. The third-order valence-electron chi connectivity index (χ3n) is 4.66. The Hall–Kier alpha value is -2.79. The summed E-state index contributed by atoms with van der Waals surface area (Å²) in [5.41, 5.74) is 5.21. The van der Waals surface area contributed by atoms with E-state index in [9.17, 15) is 4.79 Å². The van der Waals surface area contributed by atoms with Gasteiger partial charge in [-0.2, -0.15) is 0 Å². The zero-order valence-electron chi connectivity index (χ0n) is 17.5. The largest absolute Gasteiger partial charge is 0.489 e. The molecule has 0 bridgehead atoms. The molecule has 0 spiro atoms. The van der Waals surface area contributed by atoms with Crippen molar-refractivity contribution in [3.8, 4) is 5.75 Å². The topological polar surface area (TPSA) is 50.4 Å². The van der Waals surface area contributed by atoms with E-state index in [1.54, 1.807) is 0 Å². The van der Waals surface area contributed by atoms with E-state index in [1.165, 1.54) is 5.56 Å². The first kappa shape index (κ1) is 21.9. The number of ether oxygens (including phenoxy) is 1. The quantitative estimate of drug-likeness (QED) is 0.395. The van der Waals surface area contributed by atoms with Gasteiger partial charge in [-0.05, 0) is 55.0 Å². The van der Waals surface area contributed by atoms with Gasteiger partial charge in [0.2, 0.25) is 5.91 Å². The Balaban J connectivity index is 1.63. The van der Waals surface area contributed by atoms with E-state index in [4.69, 9.17) is 4.74 Å². The molecule has 0 aliphatic heterocycles. The Kier molecular flexibility index (Phi) is 7.52. The molecule has 0 saturated heterocycles. The Morgan fingerprint density at radius 1 is 1.00 bits per heavy atom. The molecule has 0 heterocycles. The van der Waals surface area contributed by atoms with Crippen LogP contribution in [0, 0.1) is 12.8 Å². The van der Waals surface area contributed by atoms with Crippen LogP contribution in [0.2, 0.25) is 0 Å². The van der Waals surface area contributed by atoms with Crippen molar-refractivity contribution >= 4 is 33.2 Å². The van der Waals surface area contributed by atoms with Gasteiger partial charge in [0.15, 0.2) is 0 Å². The van der Waals surface area contributed by atoms with E-state index >= 15 is 0 Å². The second-order valence-corrected chi connectivity index (χ2v) is 8.52. The maximum Gasteiger partial charge on any atom is 0.226 e. The molecule has 0 aliphatic carbocycles. The number of carbonyl (C=O) groups is 1. The number of nitrogens with one attached hydrogen (secondary N) is 2. The molecule has 5 heteroatoms. The molecule has 0 radical (unpaired) electrons. The summed E-state index contributed by atoms with van der Waals surface area (Å²) in [7, 11) is 0. The van der Waals surface area contributed by atoms with Crippen molar-refractivity contribution in [3.05, 3.63) is 87.9 Å². The van der Waals surface area contributed by atoms with E-state index in [1.807, 2.05) is 56.3 Å². The summed E-state index contributed by atoms with van der Waals surface area (Å²) >= 11 is 3.55. The highest BCUT2D eigenvalue weighted by atomic mass is 79.9. The SMILES string of the molecule is Cc1cccc(COc2ccc(Br)cc2CNc2ccc(NC(=O)C(C)C)cc2)c1. The van der Waals surface area contributed by atoms with Gasteiger partial charge in [0.25, 0.3) is 0 Å². The van der Waals surface area contributed by atoms with Crippen LogP contribution in [0.15, 0.2) is 71.2 Å². The number of hydrogen-bond acceptors (Lipinski definition) is 3. The average Bonchev–Trinajstić information content (AvgIpc) is 2.72. The lowest BCUT2D eigenvalue weighted by atomic mass is 10.1. The normalized spacial score (nSPS) is 10.7. The molecule has 156 valence electrons. The lowest BCUT2D eigenvalue weighted by Crippen LogP contribution is -2.17. The van der Waals surface area contributed by atoms with Crippen LogP contribution in [0.3, 0.4) is 0 Å². The predicted molar refractivity (Wildman–Crippen MR) is 127 cm³/mol. The summed E-state index contributed by atoms with van der Waals surface area (Å²) in [5.74, 6) is 0.825. The number of aryl methyl sites for hydroxylation is 1. The maximum absolute atomic E-state index is 11.8. The number of halogens is 1. The second kappa shape index (κ2) is 10.3. The van der Waals surface area contributed by atoms with E-state index in [0.717, 1.165) is 32.7 Å².